The lowest BCUT2D eigenvalue weighted by molar-refractivity contribution is 0.108. The highest BCUT2D eigenvalue weighted by molar-refractivity contribution is 8.14. The Morgan fingerprint density at radius 2 is 1.95 bits per heavy atom. The summed E-state index contributed by atoms with van der Waals surface area (Å²) in [5, 5.41) is 0.700. The van der Waals surface area contributed by atoms with Crippen LogP contribution < -0.4 is 0 Å². The summed E-state index contributed by atoms with van der Waals surface area (Å²) in [5.41, 5.74) is 4.87. The van der Waals surface area contributed by atoms with Gasteiger partial charge in [0.2, 0.25) is 5.12 Å². The van der Waals surface area contributed by atoms with Gasteiger partial charge >= 0.3 is 0 Å². The molecule has 1 aromatic carbocycles. The van der Waals surface area contributed by atoms with E-state index in [9.17, 15) is 4.79 Å². The van der Waals surface area contributed by atoms with Crippen LogP contribution in [0, 0.1) is 11.5 Å². The summed E-state index contributed by atoms with van der Waals surface area (Å²) in [4.78, 5) is 16.4. The van der Waals surface area contributed by atoms with Gasteiger partial charge in [-0.1, -0.05) is 43.8 Å². The molecule has 0 radical (unpaired) electrons. The highest BCUT2D eigenvalue weighted by Gasteiger charge is 2.10. The summed E-state index contributed by atoms with van der Waals surface area (Å²) >= 11 is 1.14. The Morgan fingerprint density at radius 3 is 2.62 bits per heavy atom. The predicted molar refractivity (Wildman–Crippen MR) is 91.1 cm³/mol. The van der Waals surface area contributed by atoms with E-state index < -0.39 is 8.07 Å². The molecule has 0 aliphatic rings. The lowest BCUT2D eigenvalue weighted by Crippen LogP contribution is -2.16. The molecule has 0 aliphatic heterocycles. The van der Waals surface area contributed by atoms with Crippen molar-refractivity contribution in [3.05, 3.63) is 59.8 Å². The fraction of sp³-hybridized carbons (Fsp3) is 0.176. The van der Waals surface area contributed by atoms with E-state index >= 15 is 0 Å². The lowest BCUT2D eigenvalue weighted by atomic mass is 10.1. The Balaban J connectivity index is 2.17. The zero-order valence-corrected chi connectivity index (χ0v) is 14.2. The van der Waals surface area contributed by atoms with Crippen LogP contribution in [0.3, 0.4) is 0 Å². The number of carbonyl (C=O) groups is 1. The monoisotopic (exact) mass is 311 g/mol. The van der Waals surface area contributed by atoms with Gasteiger partial charge < -0.3 is 0 Å². The highest BCUT2D eigenvalue weighted by Crippen LogP contribution is 2.20. The third-order valence-corrected chi connectivity index (χ3v) is 4.26. The van der Waals surface area contributed by atoms with Gasteiger partial charge in [-0.25, -0.2) is 4.98 Å². The van der Waals surface area contributed by atoms with Crippen molar-refractivity contribution < 1.29 is 4.79 Å². The fourth-order valence-electron chi connectivity index (χ4n) is 1.54. The quantitative estimate of drug-likeness (QED) is 0.472. The number of thioether (sulfide) groups is 1. The second-order valence-electron chi connectivity index (χ2n) is 5.64. The molecule has 0 amide bonds. The molecule has 0 fully saturated rings. The minimum atomic E-state index is -1.41. The number of nitrogens with zero attached hydrogens (tertiary/aromatic N) is 1. The Bertz CT molecular complexity index is 696. The number of hydrogen-bond donors (Lipinski definition) is 0. The molecule has 2 rings (SSSR count). The maximum Gasteiger partial charge on any atom is 0.225 e. The van der Waals surface area contributed by atoms with Crippen molar-refractivity contribution in [3.8, 4) is 11.5 Å². The molecule has 0 saturated heterocycles. The Labute approximate surface area is 131 Å². The van der Waals surface area contributed by atoms with Crippen LogP contribution in [0.4, 0.5) is 0 Å². The largest absolute Gasteiger partial charge is 0.281 e. The number of hydrogen-bond acceptors (Lipinski definition) is 3. The van der Waals surface area contributed by atoms with Crippen LogP contribution >= 0.6 is 11.8 Å². The summed E-state index contributed by atoms with van der Waals surface area (Å²) < 4.78 is 0. The van der Waals surface area contributed by atoms with Crippen LogP contribution in [0.2, 0.25) is 19.6 Å². The molecule has 0 saturated carbocycles. The highest BCUT2D eigenvalue weighted by atomic mass is 32.2. The summed E-state index contributed by atoms with van der Waals surface area (Å²) in [6, 6.07) is 13.0. The van der Waals surface area contributed by atoms with Crippen molar-refractivity contribution in [1.82, 2.24) is 4.98 Å². The van der Waals surface area contributed by atoms with Gasteiger partial charge in [0.15, 0.2) is 0 Å². The number of benzene rings is 1. The Kier molecular flexibility index (Phi) is 5.00. The third-order valence-electron chi connectivity index (χ3n) is 2.52. The summed E-state index contributed by atoms with van der Waals surface area (Å²) in [5.74, 6) is 3.18. The molecule has 0 unspecified atom stereocenters. The average molecular weight is 311 g/mol. The average Bonchev–Trinajstić information content (AvgIpc) is 2.46. The van der Waals surface area contributed by atoms with Crippen LogP contribution in [0.25, 0.3) is 0 Å². The zero-order valence-electron chi connectivity index (χ0n) is 12.4. The van der Waals surface area contributed by atoms with Crippen molar-refractivity contribution >= 4 is 25.0 Å². The van der Waals surface area contributed by atoms with Crippen molar-refractivity contribution in [1.29, 1.82) is 0 Å². The van der Waals surface area contributed by atoms with Gasteiger partial charge in [-0.05, 0) is 36.0 Å². The topological polar surface area (TPSA) is 30.0 Å². The van der Waals surface area contributed by atoms with Gasteiger partial charge in [-0.2, -0.15) is 0 Å². The van der Waals surface area contributed by atoms with Crippen LogP contribution in [-0.4, -0.2) is 18.2 Å². The molecule has 106 valence electrons. The van der Waals surface area contributed by atoms with E-state index in [1.807, 2.05) is 42.5 Å². The van der Waals surface area contributed by atoms with Gasteiger partial charge in [0.25, 0.3) is 0 Å². The minimum absolute atomic E-state index is 0.00893. The Morgan fingerprint density at radius 1 is 1.14 bits per heavy atom. The van der Waals surface area contributed by atoms with Crippen LogP contribution in [0.15, 0.2) is 53.7 Å². The molecule has 0 aliphatic carbocycles. The molecule has 0 spiro atoms. The molecule has 0 atom stereocenters. The smallest absolute Gasteiger partial charge is 0.225 e. The van der Waals surface area contributed by atoms with E-state index in [2.05, 4.69) is 36.1 Å². The third kappa shape index (κ3) is 5.22. The van der Waals surface area contributed by atoms with Crippen molar-refractivity contribution in [2.45, 2.75) is 24.7 Å². The summed E-state index contributed by atoms with van der Waals surface area (Å²) in [6.07, 6.45) is 1.69. The van der Waals surface area contributed by atoms with Crippen molar-refractivity contribution in [3.63, 3.8) is 0 Å². The molecular formula is C17H17NOSSi. The van der Waals surface area contributed by atoms with Gasteiger partial charge in [-0.15, -0.1) is 5.54 Å². The van der Waals surface area contributed by atoms with E-state index in [4.69, 9.17) is 0 Å². The predicted octanol–water partition coefficient (Wildman–Crippen LogP) is 4.24. The van der Waals surface area contributed by atoms with Crippen LogP contribution in [-0.2, 0) is 0 Å². The van der Waals surface area contributed by atoms with Crippen LogP contribution in [0.1, 0.15) is 15.9 Å². The summed E-state index contributed by atoms with van der Waals surface area (Å²) in [7, 11) is -1.41. The first-order valence-corrected chi connectivity index (χ1v) is 11.0. The van der Waals surface area contributed by atoms with Crippen molar-refractivity contribution in [2.75, 3.05) is 0 Å². The first kappa shape index (κ1) is 15.6. The van der Waals surface area contributed by atoms with Gasteiger partial charge in [0.05, 0.1) is 0 Å². The van der Waals surface area contributed by atoms with Gasteiger partial charge in [0.1, 0.15) is 13.1 Å². The minimum Gasteiger partial charge on any atom is -0.281 e. The number of aromatic nitrogens is 1. The molecule has 2 nitrogen and oxygen atoms in total. The number of carbonyl (C=O) groups excluding carboxylic acids is 1. The molecule has 0 N–H and O–H groups in total. The van der Waals surface area contributed by atoms with E-state index in [-0.39, 0.29) is 5.12 Å². The second-order valence-corrected chi connectivity index (χ2v) is 11.4. The van der Waals surface area contributed by atoms with Crippen molar-refractivity contribution in [2.24, 2.45) is 0 Å². The molecule has 1 aromatic heterocycles. The normalized spacial score (nSPS) is 10.6. The number of rotatable bonds is 2. The molecule has 4 heteroatoms. The Hall–Kier alpha value is -1.83. The summed E-state index contributed by atoms with van der Waals surface area (Å²) in [6.45, 7) is 6.60. The van der Waals surface area contributed by atoms with E-state index in [0.29, 0.717) is 10.6 Å². The maximum atomic E-state index is 12.3. The number of pyridine rings is 1. The molecule has 0 bridgehead atoms. The second kappa shape index (κ2) is 6.75. The molecule has 21 heavy (non-hydrogen) atoms. The van der Waals surface area contributed by atoms with Crippen LogP contribution in [0.5, 0.6) is 0 Å². The molecule has 2 aromatic rings. The first-order chi connectivity index (χ1) is 9.94. The molecular weight excluding hydrogens is 294 g/mol. The van der Waals surface area contributed by atoms with E-state index in [1.54, 1.807) is 6.20 Å². The van der Waals surface area contributed by atoms with E-state index in [1.165, 1.54) is 0 Å². The SMILES string of the molecule is C[Si](C)(C)C#Cc1cccc(C(=O)Sc2ccccn2)c1. The first-order valence-electron chi connectivity index (χ1n) is 6.70. The standard InChI is InChI=1S/C17H17NOSSi/c1-21(2,3)12-10-14-7-6-8-15(13-14)17(19)20-16-9-4-5-11-18-16/h4-9,11,13H,1-3H3. The van der Waals surface area contributed by atoms with E-state index in [0.717, 1.165) is 17.3 Å². The van der Waals surface area contributed by atoms with Gasteiger partial charge in [-0.3, -0.25) is 4.79 Å². The molecule has 1 heterocycles. The maximum absolute atomic E-state index is 12.3. The zero-order chi connectivity index (χ0) is 15.3. The fourth-order valence-corrected chi connectivity index (χ4v) is 2.76. The lowest BCUT2D eigenvalue weighted by Gasteiger charge is -2.04. The van der Waals surface area contributed by atoms with Gasteiger partial charge in [0, 0.05) is 17.3 Å².